The van der Waals surface area contributed by atoms with Crippen molar-refractivity contribution >= 4 is 31.9 Å². The van der Waals surface area contributed by atoms with Crippen molar-refractivity contribution in [2.75, 3.05) is 12.4 Å². The van der Waals surface area contributed by atoms with Gasteiger partial charge in [0.05, 0.1) is 7.11 Å². The summed E-state index contributed by atoms with van der Waals surface area (Å²) in [4.78, 5) is 0. The van der Waals surface area contributed by atoms with Gasteiger partial charge < -0.3 is 4.74 Å². The highest BCUT2D eigenvalue weighted by Crippen LogP contribution is 2.29. The molecule has 3 heteroatoms. The van der Waals surface area contributed by atoms with Crippen LogP contribution in [0.2, 0.25) is 0 Å². The second-order valence-electron chi connectivity index (χ2n) is 4.42. The summed E-state index contributed by atoms with van der Waals surface area (Å²) in [5, 5.41) is 0.945. The van der Waals surface area contributed by atoms with Crippen molar-refractivity contribution in [2.45, 2.75) is 12.3 Å². The predicted molar refractivity (Wildman–Crippen MR) is 87.4 cm³/mol. The average Bonchev–Trinajstić information content (AvgIpc) is 2.47. The van der Waals surface area contributed by atoms with Gasteiger partial charge in [-0.05, 0) is 41.7 Å². The fourth-order valence-corrected chi connectivity index (χ4v) is 3.10. The Labute approximate surface area is 131 Å². The zero-order chi connectivity index (χ0) is 13.7. The number of ether oxygens (including phenoxy) is 1. The van der Waals surface area contributed by atoms with Crippen molar-refractivity contribution in [3.63, 3.8) is 0 Å². The van der Waals surface area contributed by atoms with Crippen molar-refractivity contribution in [1.82, 2.24) is 0 Å². The van der Waals surface area contributed by atoms with Gasteiger partial charge in [0.25, 0.3) is 0 Å². The lowest BCUT2D eigenvalue weighted by molar-refractivity contribution is 0.414. The van der Waals surface area contributed by atoms with Crippen LogP contribution in [-0.4, -0.2) is 12.4 Å². The minimum atomic E-state index is 0.463. The maximum atomic E-state index is 5.30. The standard InChI is InChI=1S/C16H16Br2O/c1-19-15-7-8-16(18)13(10-15)9-14(11-17)12-5-3-2-4-6-12/h2-8,10,14H,9,11H2,1H3. The lowest BCUT2D eigenvalue weighted by atomic mass is 9.94. The summed E-state index contributed by atoms with van der Waals surface area (Å²) < 4.78 is 6.43. The van der Waals surface area contributed by atoms with Gasteiger partial charge in [0, 0.05) is 9.80 Å². The monoisotopic (exact) mass is 382 g/mol. The van der Waals surface area contributed by atoms with Crippen LogP contribution in [-0.2, 0) is 6.42 Å². The summed E-state index contributed by atoms with van der Waals surface area (Å²) in [6.07, 6.45) is 0.979. The van der Waals surface area contributed by atoms with E-state index in [0.717, 1.165) is 22.0 Å². The molecule has 0 aliphatic carbocycles. The molecule has 0 N–H and O–H groups in total. The van der Waals surface area contributed by atoms with Gasteiger partial charge in [-0.15, -0.1) is 0 Å². The van der Waals surface area contributed by atoms with Gasteiger partial charge in [-0.3, -0.25) is 0 Å². The van der Waals surface area contributed by atoms with E-state index < -0.39 is 0 Å². The molecule has 19 heavy (non-hydrogen) atoms. The van der Waals surface area contributed by atoms with Crippen LogP contribution in [0.25, 0.3) is 0 Å². The van der Waals surface area contributed by atoms with Gasteiger partial charge in [-0.2, -0.15) is 0 Å². The molecule has 0 spiro atoms. The number of rotatable bonds is 5. The molecule has 1 nitrogen and oxygen atoms in total. The maximum Gasteiger partial charge on any atom is 0.119 e. The summed E-state index contributed by atoms with van der Waals surface area (Å²) in [7, 11) is 1.70. The van der Waals surface area contributed by atoms with Crippen molar-refractivity contribution in [2.24, 2.45) is 0 Å². The van der Waals surface area contributed by atoms with Gasteiger partial charge in [0.2, 0.25) is 0 Å². The third-order valence-corrected chi connectivity index (χ3v) is 4.73. The summed E-state index contributed by atoms with van der Waals surface area (Å²) in [5.41, 5.74) is 2.63. The third-order valence-electron chi connectivity index (χ3n) is 3.18. The van der Waals surface area contributed by atoms with Crippen LogP contribution in [0.3, 0.4) is 0 Å². The van der Waals surface area contributed by atoms with Crippen LogP contribution >= 0.6 is 31.9 Å². The second kappa shape index (κ2) is 7.11. The summed E-state index contributed by atoms with van der Waals surface area (Å²) in [6, 6.07) is 16.7. The molecule has 1 atom stereocenters. The number of alkyl halides is 1. The molecule has 0 amide bonds. The summed E-state index contributed by atoms with van der Waals surface area (Å²) in [5.74, 6) is 1.36. The number of benzene rings is 2. The predicted octanol–water partition coefficient (Wildman–Crippen LogP) is 5.18. The Hall–Kier alpha value is -0.800. The molecule has 1 unspecified atom stereocenters. The number of methoxy groups -OCH3 is 1. The van der Waals surface area contributed by atoms with Crippen molar-refractivity contribution in [1.29, 1.82) is 0 Å². The Morgan fingerprint density at radius 1 is 1.11 bits per heavy atom. The zero-order valence-corrected chi connectivity index (χ0v) is 13.9. The van der Waals surface area contributed by atoms with E-state index in [0.29, 0.717) is 5.92 Å². The third kappa shape index (κ3) is 3.83. The first-order chi connectivity index (χ1) is 9.24. The van der Waals surface area contributed by atoms with E-state index in [4.69, 9.17) is 4.74 Å². The molecule has 0 aromatic heterocycles. The van der Waals surface area contributed by atoms with Gasteiger partial charge in [0.1, 0.15) is 5.75 Å². The molecular formula is C16H16Br2O. The molecule has 0 bridgehead atoms. The highest BCUT2D eigenvalue weighted by molar-refractivity contribution is 9.10. The second-order valence-corrected chi connectivity index (χ2v) is 5.93. The minimum Gasteiger partial charge on any atom is -0.497 e. The van der Waals surface area contributed by atoms with Crippen LogP contribution in [0.4, 0.5) is 0 Å². The normalized spacial score (nSPS) is 12.2. The Morgan fingerprint density at radius 2 is 1.84 bits per heavy atom. The molecule has 2 rings (SSSR count). The van der Waals surface area contributed by atoms with Gasteiger partial charge in [-0.1, -0.05) is 62.2 Å². The van der Waals surface area contributed by atoms with Gasteiger partial charge >= 0.3 is 0 Å². The largest absolute Gasteiger partial charge is 0.497 e. The number of halogens is 2. The summed E-state index contributed by atoms with van der Waals surface area (Å²) >= 11 is 7.24. The molecule has 2 aromatic carbocycles. The Kier molecular flexibility index (Phi) is 5.46. The van der Waals surface area contributed by atoms with Gasteiger partial charge in [-0.25, -0.2) is 0 Å². The van der Waals surface area contributed by atoms with Crippen LogP contribution in [0, 0.1) is 0 Å². The minimum absolute atomic E-state index is 0.463. The van der Waals surface area contributed by atoms with E-state index in [9.17, 15) is 0 Å². The first kappa shape index (κ1) is 14.6. The molecule has 0 saturated heterocycles. The van der Waals surface area contributed by atoms with Crippen molar-refractivity contribution in [3.8, 4) is 5.75 Å². The molecule has 100 valence electrons. The lowest BCUT2D eigenvalue weighted by Crippen LogP contribution is -2.05. The SMILES string of the molecule is COc1ccc(Br)c(CC(CBr)c2ccccc2)c1. The van der Waals surface area contributed by atoms with Crippen LogP contribution in [0.15, 0.2) is 53.0 Å². The molecule has 0 saturated carbocycles. The highest BCUT2D eigenvalue weighted by atomic mass is 79.9. The quantitative estimate of drug-likeness (QED) is 0.646. The molecule has 0 heterocycles. The first-order valence-electron chi connectivity index (χ1n) is 6.18. The molecule has 0 radical (unpaired) electrons. The highest BCUT2D eigenvalue weighted by Gasteiger charge is 2.13. The van der Waals surface area contributed by atoms with E-state index in [2.05, 4.69) is 68.3 Å². The number of hydrogen-bond donors (Lipinski definition) is 0. The molecule has 0 aliphatic heterocycles. The fourth-order valence-electron chi connectivity index (χ4n) is 2.09. The zero-order valence-electron chi connectivity index (χ0n) is 10.8. The Morgan fingerprint density at radius 3 is 2.47 bits per heavy atom. The summed E-state index contributed by atoms with van der Waals surface area (Å²) in [6.45, 7) is 0. The smallest absolute Gasteiger partial charge is 0.119 e. The number of hydrogen-bond acceptors (Lipinski definition) is 1. The maximum absolute atomic E-state index is 5.30. The van der Waals surface area contributed by atoms with E-state index in [1.807, 2.05) is 12.1 Å². The van der Waals surface area contributed by atoms with E-state index >= 15 is 0 Å². The molecule has 0 aliphatic rings. The molecule has 0 fully saturated rings. The van der Waals surface area contributed by atoms with Crippen molar-refractivity contribution in [3.05, 3.63) is 64.1 Å². The Balaban J connectivity index is 2.23. The van der Waals surface area contributed by atoms with Crippen LogP contribution in [0.1, 0.15) is 17.0 Å². The van der Waals surface area contributed by atoms with Crippen LogP contribution < -0.4 is 4.74 Å². The Bertz CT molecular complexity index is 526. The average molecular weight is 384 g/mol. The topological polar surface area (TPSA) is 9.23 Å². The van der Waals surface area contributed by atoms with Crippen LogP contribution in [0.5, 0.6) is 5.75 Å². The van der Waals surface area contributed by atoms with Crippen molar-refractivity contribution < 1.29 is 4.74 Å². The lowest BCUT2D eigenvalue weighted by Gasteiger charge is -2.16. The molecule has 2 aromatic rings. The fraction of sp³-hybridized carbons (Fsp3) is 0.250. The van der Waals surface area contributed by atoms with E-state index in [1.54, 1.807) is 7.11 Å². The van der Waals surface area contributed by atoms with Gasteiger partial charge in [0.15, 0.2) is 0 Å². The van der Waals surface area contributed by atoms with E-state index in [1.165, 1.54) is 11.1 Å². The molecular weight excluding hydrogens is 368 g/mol. The van der Waals surface area contributed by atoms with E-state index in [-0.39, 0.29) is 0 Å². The first-order valence-corrected chi connectivity index (χ1v) is 8.09.